The van der Waals surface area contributed by atoms with Crippen molar-refractivity contribution in [3.63, 3.8) is 0 Å². The van der Waals surface area contributed by atoms with Crippen molar-refractivity contribution in [2.24, 2.45) is 0 Å². The summed E-state index contributed by atoms with van der Waals surface area (Å²) < 4.78 is 42.2. The summed E-state index contributed by atoms with van der Waals surface area (Å²) in [6.45, 7) is 4.38. The van der Waals surface area contributed by atoms with E-state index in [0.717, 1.165) is 6.07 Å². The Balaban J connectivity index is 2.74. The van der Waals surface area contributed by atoms with Gasteiger partial charge in [-0.3, -0.25) is 0 Å². The first kappa shape index (κ1) is 16.2. The first-order chi connectivity index (χ1) is 9.06. The van der Waals surface area contributed by atoms with Crippen LogP contribution in [0.15, 0.2) is 18.2 Å². The van der Waals surface area contributed by atoms with Gasteiger partial charge in [0.25, 0.3) is 16.5 Å². The molecule has 105 valence electrons. The lowest BCUT2D eigenvalue weighted by atomic mass is 10.1. The topological polar surface area (TPSA) is 27.7 Å². The maximum Gasteiger partial charge on any atom is 0.273 e. The predicted octanol–water partition coefficient (Wildman–Crippen LogP) is 2.72. The second-order valence-corrected chi connectivity index (χ2v) is 4.09. The highest BCUT2D eigenvalue weighted by molar-refractivity contribution is 5.98. The smallest absolute Gasteiger partial charge is 0.273 e. The van der Waals surface area contributed by atoms with Gasteiger partial charge in [0, 0.05) is 25.7 Å². The predicted molar refractivity (Wildman–Crippen MR) is 67.5 cm³/mol. The lowest BCUT2D eigenvalue weighted by molar-refractivity contribution is -0.343. The summed E-state index contributed by atoms with van der Waals surface area (Å²) >= 11 is 0. The zero-order valence-corrected chi connectivity index (χ0v) is 12.0. The van der Waals surface area contributed by atoms with Crippen LogP contribution in [0.3, 0.4) is 0 Å². The van der Waals surface area contributed by atoms with Crippen LogP contribution in [0.1, 0.15) is 25.8 Å². The van der Waals surface area contributed by atoms with E-state index in [9.17, 15) is 8.78 Å². The lowest BCUT2D eigenvalue weighted by Gasteiger charge is -2.31. The van der Waals surface area contributed by atoms with E-state index < -0.39 is 17.6 Å². The van der Waals surface area contributed by atoms with Crippen molar-refractivity contribution in [3.05, 3.63) is 35.4 Å². The van der Waals surface area contributed by atoms with E-state index in [1.165, 1.54) is 12.1 Å². The molecule has 0 saturated carbocycles. The Morgan fingerprint density at radius 1 is 1.16 bits per heavy atom. The molecule has 1 rings (SSSR count). The van der Waals surface area contributed by atoms with Crippen LogP contribution in [0.2, 0.25) is 0 Å². The molecule has 0 heterocycles. The molecule has 0 bridgehead atoms. The molecule has 0 fully saturated rings. The van der Waals surface area contributed by atoms with Gasteiger partial charge in [0.05, 0.1) is 0 Å². The van der Waals surface area contributed by atoms with Crippen LogP contribution < -0.4 is 0 Å². The van der Waals surface area contributed by atoms with E-state index in [0.29, 0.717) is 25.2 Å². The van der Waals surface area contributed by atoms with Gasteiger partial charge < -0.3 is 13.9 Å². The average molecular weight is 287 g/mol. The van der Waals surface area contributed by atoms with Gasteiger partial charge in [-0.25, -0.2) is 8.78 Å². The summed E-state index contributed by atoms with van der Waals surface area (Å²) in [4.78, 5) is 0. The highest BCUT2D eigenvalue weighted by Crippen LogP contribution is 2.23. The molecule has 3 nitrogen and oxygen atoms in total. The molecule has 1 aromatic rings. The van der Waals surface area contributed by atoms with Gasteiger partial charge in [-0.05, 0) is 31.9 Å². The Labute approximate surface area is 115 Å². The molecule has 0 amide bonds. The second kappa shape index (κ2) is 7.69. The minimum atomic E-state index is -1.26. The molecular formula is C13H17F2O3Si. The van der Waals surface area contributed by atoms with Crippen molar-refractivity contribution in [2.45, 2.75) is 32.7 Å². The largest absolute Gasteiger partial charge is 0.371 e. The van der Waals surface area contributed by atoms with Crippen molar-refractivity contribution in [1.82, 2.24) is 0 Å². The third kappa shape index (κ3) is 4.65. The quantitative estimate of drug-likeness (QED) is 0.543. The fourth-order valence-electron chi connectivity index (χ4n) is 1.75. The number of aryl methyl sites for hydroxylation is 1. The fourth-order valence-corrected chi connectivity index (χ4v) is 1.97. The Hall–Kier alpha value is -0.823. The van der Waals surface area contributed by atoms with Gasteiger partial charge in [0.2, 0.25) is 0 Å². The Morgan fingerprint density at radius 2 is 1.79 bits per heavy atom. The fraction of sp³-hybridized carbons (Fsp3) is 0.538. The summed E-state index contributed by atoms with van der Waals surface area (Å²) in [6.07, 6.45) is 0.581. The normalized spacial score (nSPS) is 11.8. The zero-order chi connectivity index (χ0) is 14.3. The number of hydrogen-bond donors (Lipinski definition) is 0. The second-order valence-electron chi connectivity index (χ2n) is 3.89. The first-order valence-electron chi connectivity index (χ1n) is 6.13. The molecule has 0 atom stereocenters. The molecule has 0 aliphatic heterocycles. The van der Waals surface area contributed by atoms with E-state index >= 15 is 0 Å². The van der Waals surface area contributed by atoms with Gasteiger partial charge in [0.15, 0.2) is 0 Å². The summed E-state index contributed by atoms with van der Waals surface area (Å²) in [5, 5.41) is 0. The maximum atomic E-state index is 13.5. The molecule has 1 aromatic carbocycles. The molecule has 19 heavy (non-hydrogen) atoms. The number of halogens is 2. The summed E-state index contributed by atoms with van der Waals surface area (Å²) in [5.74, 6) is -2.45. The third-order valence-corrected chi connectivity index (χ3v) is 2.91. The Kier molecular flexibility index (Phi) is 6.57. The zero-order valence-electron chi connectivity index (χ0n) is 11.0. The molecular weight excluding hydrogens is 270 g/mol. The van der Waals surface area contributed by atoms with Gasteiger partial charge in [-0.1, -0.05) is 6.07 Å². The van der Waals surface area contributed by atoms with Gasteiger partial charge in [-0.2, -0.15) is 0 Å². The van der Waals surface area contributed by atoms with Crippen molar-refractivity contribution in [2.75, 3.05) is 13.2 Å². The van der Waals surface area contributed by atoms with Crippen LogP contribution in [0.4, 0.5) is 8.78 Å². The van der Waals surface area contributed by atoms with Crippen LogP contribution in [0.5, 0.6) is 0 Å². The number of rotatable bonds is 8. The summed E-state index contributed by atoms with van der Waals surface area (Å²) in [5.41, 5.74) is 0.383. The minimum absolute atomic E-state index is 0.279. The maximum absolute atomic E-state index is 13.5. The van der Waals surface area contributed by atoms with E-state index in [1.54, 1.807) is 13.8 Å². The Morgan fingerprint density at radius 3 is 2.26 bits per heavy atom. The molecule has 3 radical (unpaired) electrons. The van der Waals surface area contributed by atoms with E-state index in [-0.39, 0.29) is 6.42 Å². The third-order valence-electron chi connectivity index (χ3n) is 2.60. The van der Waals surface area contributed by atoms with Crippen LogP contribution in [-0.4, -0.2) is 29.7 Å². The van der Waals surface area contributed by atoms with Crippen LogP contribution in [0.25, 0.3) is 0 Å². The van der Waals surface area contributed by atoms with Gasteiger partial charge in [-0.15, -0.1) is 0 Å². The van der Waals surface area contributed by atoms with Crippen LogP contribution in [-0.2, 0) is 20.3 Å². The van der Waals surface area contributed by atoms with E-state index in [2.05, 4.69) is 10.5 Å². The molecule has 0 spiro atoms. The van der Waals surface area contributed by atoms with Crippen molar-refractivity contribution < 1.29 is 22.7 Å². The minimum Gasteiger partial charge on any atom is -0.371 e. The van der Waals surface area contributed by atoms with E-state index in [4.69, 9.17) is 13.9 Å². The molecule has 0 aliphatic rings. The molecule has 0 N–H and O–H groups in total. The van der Waals surface area contributed by atoms with Crippen LogP contribution in [0, 0.1) is 11.6 Å². The Bertz CT molecular complexity index is 395. The van der Waals surface area contributed by atoms with Crippen molar-refractivity contribution >= 4 is 10.5 Å². The number of ether oxygens (including phenoxy) is 2. The average Bonchev–Trinajstić information content (AvgIpc) is 2.38. The van der Waals surface area contributed by atoms with Crippen molar-refractivity contribution in [1.29, 1.82) is 0 Å². The number of benzene rings is 1. The molecule has 0 aromatic heterocycles. The summed E-state index contributed by atoms with van der Waals surface area (Å²) in [7, 11) is 2.93. The van der Waals surface area contributed by atoms with Crippen LogP contribution >= 0.6 is 0 Å². The highest BCUT2D eigenvalue weighted by atomic mass is 28.2. The number of hydrogen-bond acceptors (Lipinski definition) is 3. The molecule has 0 saturated heterocycles. The molecule has 6 heteroatoms. The summed E-state index contributed by atoms with van der Waals surface area (Å²) in [6, 6.07) is 3.48. The first-order valence-corrected chi connectivity index (χ1v) is 6.54. The van der Waals surface area contributed by atoms with Gasteiger partial charge in [0.1, 0.15) is 11.6 Å². The lowest BCUT2D eigenvalue weighted by Crippen LogP contribution is -2.39. The SMILES string of the molecule is CCOC(CCc1ccc(F)cc1F)(O[Si])OCC. The van der Waals surface area contributed by atoms with Gasteiger partial charge >= 0.3 is 0 Å². The standard InChI is InChI=1S/C13H17F2O3Si/c1-3-16-13(18-19,17-4-2)8-7-10-5-6-11(14)9-12(10)15/h5-6,9H,3-4,7-8H2,1-2H3. The molecule has 0 aliphatic carbocycles. The van der Waals surface area contributed by atoms with Crippen molar-refractivity contribution in [3.8, 4) is 0 Å². The highest BCUT2D eigenvalue weighted by Gasteiger charge is 2.31. The van der Waals surface area contributed by atoms with E-state index in [1.807, 2.05) is 0 Å². The molecule has 0 unspecified atom stereocenters. The monoisotopic (exact) mass is 287 g/mol.